The number of aliphatic carboxylic acids is 1. The zero-order valence-corrected chi connectivity index (χ0v) is 11.9. The fourth-order valence-corrected chi connectivity index (χ4v) is 4.56. The third-order valence-electron chi connectivity index (χ3n) is 4.21. The Balaban J connectivity index is 1.87. The van der Waals surface area contributed by atoms with E-state index in [1.54, 1.807) is 12.1 Å². The van der Waals surface area contributed by atoms with Gasteiger partial charge >= 0.3 is 5.97 Å². The van der Waals surface area contributed by atoms with Gasteiger partial charge in [-0.2, -0.15) is 4.31 Å². The van der Waals surface area contributed by atoms with Crippen molar-refractivity contribution >= 4 is 16.0 Å². The van der Waals surface area contributed by atoms with E-state index in [1.807, 2.05) is 6.07 Å². The Morgan fingerprint density at radius 3 is 2.70 bits per heavy atom. The van der Waals surface area contributed by atoms with Crippen molar-refractivity contribution in [1.82, 2.24) is 4.31 Å². The minimum absolute atomic E-state index is 0.0781. The van der Waals surface area contributed by atoms with Crippen molar-refractivity contribution < 1.29 is 18.3 Å². The summed E-state index contributed by atoms with van der Waals surface area (Å²) in [5.41, 5.74) is 2.34. The van der Waals surface area contributed by atoms with Crippen molar-refractivity contribution in [3.63, 3.8) is 0 Å². The minimum atomic E-state index is -3.56. The molecule has 0 amide bonds. The van der Waals surface area contributed by atoms with E-state index in [0.717, 1.165) is 24.8 Å². The van der Waals surface area contributed by atoms with Crippen LogP contribution in [0.3, 0.4) is 0 Å². The minimum Gasteiger partial charge on any atom is -0.481 e. The van der Waals surface area contributed by atoms with E-state index in [0.29, 0.717) is 11.3 Å². The number of sulfonamides is 1. The van der Waals surface area contributed by atoms with Crippen LogP contribution >= 0.6 is 0 Å². The monoisotopic (exact) mass is 295 g/mol. The number of nitrogens with zero attached hydrogens (tertiary/aromatic N) is 1. The second-order valence-electron chi connectivity index (χ2n) is 5.47. The number of rotatable bonds is 3. The quantitative estimate of drug-likeness (QED) is 0.911. The van der Waals surface area contributed by atoms with Crippen LogP contribution in [0, 0.1) is 5.92 Å². The first-order valence-electron chi connectivity index (χ1n) is 6.83. The third kappa shape index (κ3) is 2.23. The van der Waals surface area contributed by atoms with Crippen LogP contribution in [0.15, 0.2) is 23.1 Å². The van der Waals surface area contributed by atoms with Gasteiger partial charge in [-0.3, -0.25) is 4.79 Å². The molecule has 3 rings (SSSR count). The van der Waals surface area contributed by atoms with Crippen LogP contribution in [0.2, 0.25) is 0 Å². The highest BCUT2D eigenvalue weighted by molar-refractivity contribution is 7.89. The molecule has 0 spiro atoms. The van der Waals surface area contributed by atoms with E-state index in [2.05, 4.69) is 0 Å². The van der Waals surface area contributed by atoms with Crippen LogP contribution < -0.4 is 0 Å². The SMILES string of the molecule is O=C(O)[C@@H]1CCN(S(=O)(=O)c2ccc3c(c2)CCC3)C1. The summed E-state index contributed by atoms with van der Waals surface area (Å²) in [4.78, 5) is 11.2. The van der Waals surface area contributed by atoms with E-state index >= 15 is 0 Å². The predicted molar refractivity (Wildman–Crippen MR) is 73.0 cm³/mol. The highest BCUT2D eigenvalue weighted by atomic mass is 32.2. The molecule has 0 bridgehead atoms. The number of fused-ring (bicyclic) bond motifs is 1. The summed E-state index contributed by atoms with van der Waals surface area (Å²) in [5, 5.41) is 8.97. The molecule has 0 radical (unpaired) electrons. The largest absolute Gasteiger partial charge is 0.481 e. The summed E-state index contributed by atoms with van der Waals surface area (Å²) in [6.07, 6.45) is 3.40. The first-order chi connectivity index (χ1) is 9.48. The van der Waals surface area contributed by atoms with Crippen LogP contribution in [-0.2, 0) is 27.7 Å². The number of carboxylic acid groups (broad SMARTS) is 1. The highest BCUT2D eigenvalue weighted by Gasteiger charge is 2.36. The average molecular weight is 295 g/mol. The third-order valence-corrected chi connectivity index (χ3v) is 6.07. The molecule has 108 valence electrons. The van der Waals surface area contributed by atoms with Crippen molar-refractivity contribution in [1.29, 1.82) is 0 Å². The molecule has 1 aliphatic heterocycles. The van der Waals surface area contributed by atoms with Crippen LogP contribution in [0.1, 0.15) is 24.0 Å². The first-order valence-corrected chi connectivity index (χ1v) is 8.27. The second kappa shape index (κ2) is 4.86. The lowest BCUT2D eigenvalue weighted by Gasteiger charge is -2.16. The molecular formula is C14H17NO4S. The molecule has 1 atom stereocenters. The van der Waals surface area contributed by atoms with E-state index in [-0.39, 0.29) is 13.1 Å². The Morgan fingerprint density at radius 1 is 1.25 bits per heavy atom. The van der Waals surface area contributed by atoms with E-state index in [1.165, 1.54) is 9.87 Å². The fraction of sp³-hybridized carbons (Fsp3) is 0.500. The normalized spacial score (nSPS) is 22.9. The summed E-state index contributed by atoms with van der Waals surface area (Å²) in [5.74, 6) is -1.50. The Hall–Kier alpha value is -1.40. The zero-order valence-electron chi connectivity index (χ0n) is 11.1. The van der Waals surface area contributed by atoms with E-state index in [9.17, 15) is 13.2 Å². The molecule has 1 aliphatic carbocycles. The van der Waals surface area contributed by atoms with E-state index < -0.39 is 21.9 Å². The van der Waals surface area contributed by atoms with E-state index in [4.69, 9.17) is 5.11 Å². The summed E-state index contributed by atoms with van der Waals surface area (Å²) < 4.78 is 26.4. The molecule has 5 nitrogen and oxygen atoms in total. The average Bonchev–Trinajstić information content (AvgIpc) is 3.07. The van der Waals surface area contributed by atoms with Gasteiger partial charge in [0, 0.05) is 13.1 Å². The molecule has 1 heterocycles. The molecule has 2 aliphatic rings. The summed E-state index contributed by atoms with van der Waals surface area (Å²) >= 11 is 0. The Kier molecular flexibility index (Phi) is 3.30. The van der Waals surface area contributed by atoms with Gasteiger partial charge in [-0.05, 0) is 48.9 Å². The Morgan fingerprint density at radius 2 is 2.00 bits per heavy atom. The van der Waals surface area contributed by atoms with Crippen LogP contribution in [0.5, 0.6) is 0 Å². The number of carboxylic acids is 1. The molecule has 0 unspecified atom stereocenters. The van der Waals surface area contributed by atoms with Gasteiger partial charge in [-0.1, -0.05) is 6.07 Å². The number of hydrogen-bond acceptors (Lipinski definition) is 3. The number of hydrogen-bond donors (Lipinski definition) is 1. The van der Waals surface area contributed by atoms with Crippen LogP contribution in [-0.4, -0.2) is 36.9 Å². The van der Waals surface area contributed by atoms with Crippen molar-refractivity contribution in [2.24, 2.45) is 5.92 Å². The number of carbonyl (C=O) groups is 1. The summed E-state index contributed by atoms with van der Waals surface area (Å²) in [6.45, 7) is 0.366. The maximum Gasteiger partial charge on any atom is 0.307 e. The van der Waals surface area contributed by atoms with Gasteiger partial charge in [0.1, 0.15) is 0 Å². The molecule has 1 aromatic rings. The smallest absolute Gasteiger partial charge is 0.307 e. The molecule has 0 saturated carbocycles. The van der Waals surface area contributed by atoms with Gasteiger partial charge in [0.2, 0.25) is 10.0 Å². The maximum atomic E-state index is 12.5. The molecule has 1 saturated heterocycles. The van der Waals surface area contributed by atoms with Crippen molar-refractivity contribution in [3.8, 4) is 0 Å². The molecule has 1 aromatic carbocycles. The van der Waals surface area contributed by atoms with Crippen molar-refractivity contribution in [2.45, 2.75) is 30.6 Å². The highest BCUT2D eigenvalue weighted by Crippen LogP contribution is 2.28. The van der Waals surface area contributed by atoms with Gasteiger partial charge in [0.05, 0.1) is 10.8 Å². The molecule has 1 N–H and O–H groups in total. The Labute approximate surface area is 118 Å². The topological polar surface area (TPSA) is 74.7 Å². The first kappa shape index (κ1) is 13.6. The lowest BCUT2D eigenvalue weighted by atomic mass is 10.1. The number of benzene rings is 1. The lowest BCUT2D eigenvalue weighted by molar-refractivity contribution is -0.141. The fourth-order valence-electron chi connectivity index (χ4n) is 3.01. The Bertz CT molecular complexity index is 653. The molecule has 0 aromatic heterocycles. The van der Waals surface area contributed by atoms with Gasteiger partial charge in [0.25, 0.3) is 0 Å². The lowest BCUT2D eigenvalue weighted by Crippen LogP contribution is -2.30. The van der Waals surface area contributed by atoms with Gasteiger partial charge < -0.3 is 5.11 Å². The van der Waals surface area contributed by atoms with Gasteiger partial charge in [-0.15, -0.1) is 0 Å². The van der Waals surface area contributed by atoms with Gasteiger partial charge in [0.15, 0.2) is 0 Å². The molecule has 6 heteroatoms. The van der Waals surface area contributed by atoms with Crippen molar-refractivity contribution in [2.75, 3.05) is 13.1 Å². The maximum absolute atomic E-state index is 12.5. The van der Waals surface area contributed by atoms with Gasteiger partial charge in [-0.25, -0.2) is 8.42 Å². The summed E-state index contributed by atoms with van der Waals surface area (Å²) in [6, 6.07) is 5.29. The summed E-state index contributed by atoms with van der Waals surface area (Å²) in [7, 11) is -3.56. The van der Waals surface area contributed by atoms with Crippen LogP contribution in [0.4, 0.5) is 0 Å². The number of aryl methyl sites for hydroxylation is 2. The van der Waals surface area contributed by atoms with Crippen LogP contribution in [0.25, 0.3) is 0 Å². The van der Waals surface area contributed by atoms with Crippen molar-refractivity contribution in [3.05, 3.63) is 29.3 Å². The zero-order chi connectivity index (χ0) is 14.3. The second-order valence-corrected chi connectivity index (χ2v) is 7.41. The molecular weight excluding hydrogens is 278 g/mol. The molecule has 1 fully saturated rings. The predicted octanol–water partition coefficient (Wildman–Crippen LogP) is 1.27. The molecule has 20 heavy (non-hydrogen) atoms. The standard InChI is InChI=1S/C14H17NO4S/c16-14(17)12-6-7-15(9-12)20(18,19)13-5-4-10-2-1-3-11(10)8-13/h4-5,8,12H,1-3,6-7,9H2,(H,16,17)/t12-/m1/s1.